The number of nitrogens with zero attached hydrogens (tertiary/aromatic N) is 1. The highest BCUT2D eigenvalue weighted by atomic mass is 19.1. The van der Waals surface area contributed by atoms with Crippen molar-refractivity contribution in [2.24, 2.45) is 0 Å². The third-order valence-corrected chi connectivity index (χ3v) is 2.26. The van der Waals surface area contributed by atoms with Crippen LogP contribution in [0.4, 0.5) is 4.39 Å². The molecular formula is C11H10FNO2. The van der Waals surface area contributed by atoms with Crippen LogP contribution in [0, 0.1) is 17.1 Å². The average Bonchev–Trinajstić information content (AvgIpc) is 2.94. The molecule has 0 amide bonds. The summed E-state index contributed by atoms with van der Waals surface area (Å²) in [5.74, 6) is -0.286. The predicted octanol–water partition coefficient (Wildman–Crippen LogP) is 1.87. The van der Waals surface area contributed by atoms with Gasteiger partial charge in [0, 0.05) is 0 Å². The van der Waals surface area contributed by atoms with Crippen molar-refractivity contribution in [2.75, 3.05) is 13.2 Å². The Kier molecular flexibility index (Phi) is 2.33. The second kappa shape index (κ2) is 3.52. The predicted molar refractivity (Wildman–Crippen MR) is 51.0 cm³/mol. The first-order valence-electron chi connectivity index (χ1n) is 4.60. The van der Waals surface area contributed by atoms with Crippen molar-refractivity contribution in [2.45, 2.75) is 12.5 Å². The molecule has 1 fully saturated rings. The van der Waals surface area contributed by atoms with Crippen molar-refractivity contribution < 1.29 is 13.9 Å². The first-order chi connectivity index (χ1) is 7.14. The van der Waals surface area contributed by atoms with E-state index >= 15 is 0 Å². The van der Waals surface area contributed by atoms with Crippen LogP contribution in [0.15, 0.2) is 18.2 Å². The Morgan fingerprint density at radius 1 is 1.67 bits per heavy atom. The smallest absolute Gasteiger partial charge is 0.144 e. The maximum Gasteiger partial charge on any atom is 0.144 e. The monoisotopic (exact) mass is 207 g/mol. The van der Waals surface area contributed by atoms with Crippen LogP contribution >= 0.6 is 0 Å². The molecule has 0 radical (unpaired) electrons. The molecule has 1 heterocycles. The highest BCUT2D eigenvalue weighted by Gasteiger charge is 2.40. The minimum absolute atomic E-state index is 0.0539. The lowest BCUT2D eigenvalue weighted by Crippen LogP contribution is -2.17. The number of rotatable bonds is 3. The van der Waals surface area contributed by atoms with Gasteiger partial charge < -0.3 is 9.47 Å². The van der Waals surface area contributed by atoms with E-state index in [0.717, 1.165) is 0 Å². The summed E-state index contributed by atoms with van der Waals surface area (Å²) in [6.45, 7) is 2.88. The zero-order valence-corrected chi connectivity index (χ0v) is 8.29. The maximum atomic E-state index is 13.2. The highest BCUT2D eigenvalue weighted by molar-refractivity contribution is 5.43. The van der Waals surface area contributed by atoms with Gasteiger partial charge in [0.1, 0.15) is 35.4 Å². The molecule has 1 unspecified atom stereocenters. The van der Waals surface area contributed by atoms with Crippen LogP contribution in [0.2, 0.25) is 0 Å². The summed E-state index contributed by atoms with van der Waals surface area (Å²) in [5.41, 5.74) is -0.319. The van der Waals surface area contributed by atoms with Crippen LogP contribution in [0.3, 0.4) is 0 Å². The zero-order chi connectivity index (χ0) is 10.9. The van der Waals surface area contributed by atoms with Crippen LogP contribution in [-0.4, -0.2) is 18.8 Å². The molecule has 1 aliphatic heterocycles. The lowest BCUT2D eigenvalue weighted by atomic mass is 10.2. The van der Waals surface area contributed by atoms with Gasteiger partial charge in [0.15, 0.2) is 0 Å². The van der Waals surface area contributed by atoms with E-state index in [0.29, 0.717) is 13.2 Å². The van der Waals surface area contributed by atoms with E-state index in [4.69, 9.17) is 14.7 Å². The van der Waals surface area contributed by atoms with Crippen molar-refractivity contribution >= 4 is 0 Å². The Labute approximate surface area is 87.0 Å². The fourth-order valence-corrected chi connectivity index (χ4v) is 1.17. The van der Waals surface area contributed by atoms with Gasteiger partial charge in [-0.3, -0.25) is 0 Å². The molecule has 1 atom stereocenters. The van der Waals surface area contributed by atoms with Gasteiger partial charge in [-0.15, -0.1) is 0 Å². The molecule has 0 N–H and O–H groups in total. The van der Waals surface area contributed by atoms with Crippen molar-refractivity contribution in [3.63, 3.8) is 0 Å². The maximum absolute atomic E-state index is 13.2. The van der Waals surface area contributed by atoms with E-state index in [1.54, 1.807) is 12.1 Å². The van der Waals surface area contributed by atoms with Gasteiger partial charge in [-0.05, 0) is 19.1 Å². The molecule has 1 saturated heterocycles. The Morgan fingerprint density at radius 2 is 2.40 bits per heavy atom. The van der Waals surface area contributed by atoms with Gasteiger partial charge in [-0.25, -0.2) is 4.39 Å². The van der Waals surface area contributed by atoms with Gasteiger partial charge in [0.2, 0.25) is 0 Å². The summed E-state index contributed by atoms with van der Waals surface area (Å²) in [5, 5.41) is 8.74. The largest absolute Gasteiger partial charge is 0.489 e. The molecule has 0 spiro atoms. The topological polar surface area (TPSA) is 45.5 Å². The number of benzene rings is 1. The SMILES string of the molecule is CC1(COc2cccc(F)c2C#N)CO1. The summed E-state index contributed by atoms with van der Waals surface area (Å²) in [4.78, 5) is 0. The van der Waals surface area contributed by atoms with Crippen LogP contribution in [0.25, 0.3) is 0 Å². The minimum Gasteiger partial charge on any atom is -0.489 e. The molecular weight excluding hydrogens is 197 g/mol. The molecule has 0 aromatic heterocycles. The third-order valence-electron chi connectivity index (χ3n) is 2.26. The quantitative estimate of drug-likeness (QED) is 0.711. The fraction of sp³-hybridized carbons (Fsp3) is 0.364. The molecule has 1 aromatic carbocycles. The molecule has 0 bridgehead atoms. The molecule has 15 heavy (non-hydrogen) atoms. The number of epoxide rings is 1. The lowest BCUT2D eigenvalue weighted by Gasteiger charge is -2.09. The van der Waals surface area contributed by atoms with Gasteiger partial charge in [-0.1, -0.05) is 6.07 Å². The molecule has 2 rings (SSSR count). The molecule has 1 aromatic rings. The Bertz CT molecular complexity index is 421. The zero-order valence-electron chi connectivity index (χ0n) is 8.29. The van der Waals surface area contributed by atoms with Crippen molar-refractivity contribution in [1.82, 2.24) is 0 Å². The van der Waals surface area contributed by atoms with Crippen LogP contribution in [0.1, 0.15) is 12.5 Å². The van der Waals surface area contributed by atoms with E-state index in [-0.39, 0.29) is 16.9 Å². The Hall–Kier alpha value is -1.60. The van der Waals surface area contributed by atoms with E-state index < -0.39 is 5.82 Å². The normalized spacial score (nSPS) is 23.3. The molecule has 78 valence electrons. The molecule has 0 aliphatic carbocycles. The van der Waals surface area contributed by atoms with E-state index in [1.165, 1.54) is 12.1 Å². The summed E-state index contributed by atoms with van der Waals surface area (Å²) in [6.07, 6.45) is 0. The standard InChI is InChI=1S/C11H10FNO2/c1-11(7-15-11)6-14-10-4-2-3-9(12)8(10)5-13/h2-4H,6-7H2,1H3. The number of hydrogen-bond acceptors (Lipinski definition) is 3. The minimum atomic E-state index is -0.558. The molecule has 3 nitrogen and oxygen atoms in total. The molecule has 1 aliphatic rings. The van der Waals surface area contributed by atoms with Crippen molar-refractivity contribution in [3.05, 3.63) is 29.6 Å². The summed E-state index contributed by atoms with van der Waals surface area (Å²) < 4.78 is 23.6. The molecule has 0 saturated carbocycles. The second-order valence-corrected chi connectivity index (χ2v) is 3.75. The highest BCUT2D eigenvalue weighted by Crippen LogP contribution is 2.28. The van der Waals surface area contributed by atoms with Gasteiger partial charge >= 0.3 is 0 Å². The van der Waals surface area contributed by atoms with Crippen molar-refractivity contribution in [1.29, 1.82) is 5.26 Å². The summed E-state index contributed by atoms with van der Waals surface area (Å²) in [6, 6.07) is 6.11. The van der Waals surface area contributed by atoms with Crippen LogP contribution in [-0.2, 0) is 4.74 Å². The number of hydrogen-bond donors (Lipinski definition) is 0. The number of ether oxygens (including phenoxy) is 2. The second-order valence-electron chi connectivity index (χ2n) is 3.75. The van der Waals surface area contributed by atoms with Gasteiger partial charge in [0.25, 0.3) is 0 Å². The number of nitriles is 1. The summed E-state index contributed by atoms with van der Waals surface area (Å²) in [7, 11) is 0. The van der Waals surface area contributed by atoms with E-state index in [2.05, 4.69) is 0 Å². The van der Waals surface area contributed by atoms with Gasteiger partial charge in [-0.2, -0.15) is 5.26 Å². The lowest BCUT2D eigenvalue weighted by molar-refractivity contribution is 0.201. The Morgan fingerprint density at radius 3 is 3.00 bits per heavy atom. The Balaban J connectivity index is 2.14. The van der Waals surface area contributed by atoms with Gasteiger partial charge in [0.05, 0.1) is 6.61 Å². The fourth-order valence-electron chi connectivity index (χ4n) is 1.17. The summed E-state index contributed by atoms with van der Waals surface area (Å²) >= 11 is 0. The third kappa shape index (κ3) is 2.08. The van der Waals surface area contributed by atoms with E-state index in [9.17, 15) is 4.39 Å². The average molecular weight is 207 g/mol. The number of halogens is 1. The van der Waals surface area contributed by atoms with Crippen LogP contribution in [0.5, 0.6) is 5.75 Å². The van der Waals surface area contributed by atoms with Crippen molar-refractivity contribution in [3.8, 4) is 11.8 Å². The first kappa shape index (κ1) is 9.94. The van der Waals surface area contributed by atoms with E-state index in [1.807, 2.05) is 6.92 Å². The molecule has 4 heteroatoms. The first-order valence-corrected chi connectivity index (χ1v) is 4.60. The van der Waals surface area contributed by atoms with Crippen LogP contribution < -0.4 is 4.74 Å².